The number of anilines is 1. The van der Waals surface area contributed by atoms with E-state index in [0.717, 1.165) is 4.90 Å². The van der Waals surface area contributed by atoms with Crippen LogP contribution in [-0.2, 0) is 0 Å². The molecule has 1 heterocycles. The molecule has 3 rings (SSSR count). The number of imide groups is 1. The van der Waals surface area contributed by atoms with Gasteiger partial charge in [0.15, 0.2) is 11.6 Å². The van der Waals surface area contributed by atoms with E-state index in [0.29, 0.717) is 5.56 Å². The number of rotatable bonds is 3. The zero-order valence-corrected chi connectivity index (χ0v) is 13.5. The van der Waals surface area contributed by atoms with Gasteiger partial charge in [0.05, 0.1) is 16.8 Å². The molecule has 120 valence electrons. The first-order valence-corrected chi connectivity index (χ1v) is 7.47. The van der Waals surface area contributed by atoms with E-state index >= 15 is 0 Å². The van der Waals surface area contributed by atoms with Crippen molar-refractivity contribution in [3.63, 3.8) is 0 Å². The molecule has 5 nitrogen and oxygen atoms in total. The van der Waals surface area contributed by atoms with E-state index in [1.165, 1.54) is 13.8 Å². The molecule has 0 saturated carbocycles. The molecule has 0 aromatic heterocycles. The number of benzene rings is 2. The summed E-state index contributed by atoms with van der Waals surface area (Å²) in [5, 5.41) is 0. The highest BCUT2D eigenvalue weighted by molar-refractivity contribution is 6.36. The van der Waals surface area contributed by atoms with E-state index < -0.39 is 11.8 Å². The number of hydrogen-bond donors (Lipinski definition) is 0. The minimum atomic E-state index is -0.524. The van der Waals surface area contributed by atoms with Crippen LogP contribution in [0.3, 0.4) is 0 Å². The van der Waals surface area contributed by atoms with Crippen molar-refractivity contribution in [1.82, 2.24) is 0 Å². The SMILES string of the molecule is CC(=O)c1cc(C)cc(C(C)=O)c1N1C(=O)c2ccccc2C1=O. The maximum absolute atomic E-state index is 12.7. The Kier molecular flexibility index (Phi) is 3.64. The van der Waals surface area contributed by atoms with Crippen molar-refractivity contribution in [2.75, 3.05) is 4.90 Å². The first kappa shape index (κ1) is 15.8. The highest BCUT2D eigenvalue weighted by Gasteiger charge is 2.39. The zero-order chi connectivity index (χ0) is 17.6. The molecule has 1 aliphatic heterocycles. The Bertz CT molecular complexity index is 857. The normalized spacial score (nSPS) is 13.2. The predicted molar refractivity (Wildman–Crippen MR) is 88.8 cm³/mol. The van der Waals surface area contributed by atoms with Gasteiger partial charge in [-0.1, -0.05) is 12.1 Å². The Morgan fingerprint density at radius 3 is 1.62 bits per heavy atom. The lowest BCUT2D eigenvalue weighted by Crippen LogP contribution is -2.32. The molecule has 0 spiro atoms. The van der Waals surface area contributed by atoms with Crippen LogP contribution >= 0.6 is 0 Å². The second-order valence-corrected chi connectivity index (χ2v) is 5.81. The van der Waals surface area contributed by atoms with Crippen LogP contribution in [0.1, 0.15) is 60.8 Å². The van der Waals surface area contributed by atoms with Gasteiger partial charge >= 0.3 is 0 Å². The first-order valence-electron chi connectivity index (χ1n) is 7.47. The van der Waals surface area contributed by atoms with Gasteiger partial charge in [0.2, 0.25) is 0 Å². The third-order valence-electron chi connectivity index (χ3n) is 4.03. The number of aryl methyl sites for hydroxylation is 1. The minimum Gasteiger partial charge on any atom is -0.294 e. The van der Waals surface area contributed by atoms with Crippen LogP contribution in [0.4, 0.5) is 5.69 Å². The van der Waals surface area contributed by atoms with E-state index in [2.05, 4.69) is 0 Å². The number of fused-ring (bicyclic) bond motifs is 1. The number of ketones is 2. The molecule has 2 aromatic carbocycles. The smallest absolute Gasteiger partial charge is 0.266 e. The van der Waals surface area contributed by atoms with Gasteiger partial charge in [-0.15, -0.1) is 0 Å². The number of carbonyl (C=O) groups excluding carboxylic acids is 4. The third kappa shape index (κ3) is 2.25. The fourth-order valence-electron chi connectivity index (χ4n) is 2.95. The standard InChI is InChI=1S/C19H15NO4/c1-10-8-15(11(2)21)17(16(9-10)12(3)22)20-18(23)13-6-4-5-7-14(13)19(20)24/h4-9H,1-3H3. The van der Waals surface area contributed by atoms with Crippen LogP contribution in [0.5, 0.6) is 0 Å². The highest BCUT2D eigenvalue weighted by Crippen LogP contribution is 2.35. The topological polar surface area (TPSA) is 71.5 Å². The monoisotopic (exact) mass is 321 g/mol. The summed E-state index contributed by atoms with van der Waals surface area (Å²) >= 11 is 0. The minimum absolute atomic E-state index is 0.0757. The van der Waals surface area contributed by atoms with E-state index in [-0.39, 0.29) is 39.5 Å². The number of nitrogens with zero attached hydrogens (tertiary/aromatic N) is 1. The zero-order valence-electron chi connectivity index (χ0n) is 13.5. The maximum Gasteiger partial charge on any atom is 0.266 e. The lowest BCUT2D eigenvalue weighted by molar-refractivity contribution is 0.0926. The van der Waals surface area contributed by atoms with Gasteiger partial charge in [-0.25, -0.2) is 4.90 Å². The molecule has 2 aromatic rings. The van der Waals surface area contributed by atoms with Gasteiger partial charge in [0.25, 0.3) is 11.8 Å². The van der Waals surface area contributed by atoms with Crippen LogP contribution in [0, 0.1) is 6.92 Å². The second-order valence-electron chi connectivity index (χ2n) is 5.81. The summed E-state index contributed by atoms with van der Waals surface area (Å²) in [6.07, 6.45) is 0. The molecule has 0 bridgehead atoms. The molecule has 0 fully saturated rings. The van der Waals surface area contributed by atoms with Crippen molar-refractivity contribution in [3.05, 3.63) is 64.2 Å². The molecular formula is C19H15NO4. The summed E-state index contributed by atoms with van der Waals surface area (Å²) in [5.41, 5.74) is 1.71. The van der Waals surface area contributed by atoms with Gasteiger partial charge in [-0.3, -0.25) is 19.2 Å². The van der Waals surface area contributed by atoms with Crippen molar-refractivity contribution < 1.29 is 19.2 Å². The van der Waals surface area contributed by atoms with Crippen LogP contribution < -0.4 is 4.90 Å². The van der Waals surface area contributed by atoms with E-state index in [9.17, 15) is 19.2 Å². The summed E-state index contributed by atoms with van der Waals surface area (Å²) < 4.78 is 0. The van der Waals surface area contributed by atoms with E-state index in [4.69, 9.17) is 0 Å². The maximum atomic E-state index is 12.7. The molecule has 0 N–H and O–H groups in total. The Morgan fingerprint density at radius 1 is 0.833 bits per heavy atom. The number of amides is 2. The Balaban J connectivity index is 2.31. The predicted octanol–water partition coefficient (Wildman–Crippen LogP) is 3.20. The van der Waals surface area contributed by atoms with Crippen LogP contribution in [0.2, 0.25) is 0 Å². The molecule has 24 heavy (non-hydrogen) atoms. The largest absolute Gasteiger partial charge is 0.294 e. The van der Waals surface area contributed by atoms with Crippen LogP contribution in [0.25, 0.3) is 0 Å². The molecule has 0 unspecified atom stereocenters. The molecule has 5 heteroatoms. The second kappa shape index (κ2) is 5.53. The van der Waals surface area contributed by atoms with Crippen molar-refractivity contribution in [2.45, 2.75) is 20.8 Å². The van der Waals surface area contributed by atoms with E-state index in [1.807, 2.05) is 0 Å². The third-order valence-corrected chi connectivity index (χ3v) is 4.03. The van der Waals surface area contributed by atoms with Gasteiger partial charge in [-0.05, 0) is 50.6 Å². The fourth-order valence-corrected chi connectivity index (χ4v) is 2.95. The van der Waals surface area contributed by atoms with Gasteiger partial charge in [0, 0.05) is 11.1 Å². The lowest BCUT2D eigenvalue weighted by Gasteiger charge is -2.21. The summed E-state index contributed by atoms with van der Waals surface area (Å²) in [6.45, 7) is 4.45. The van der Waals surface area contributed by atoms with Crippen LogP contribution in [-0.4, -0.2) is 23.4 Å². The Labute approximate surface area is 138 Å². The van der Waals surface area contributed by atoms with Gasteiger partial charge in [0.1, 0.15) is 0 Å². The summed E-state index contributed by atoms with van der Waals surface area (Å²) in [7, 11) is 0. The fraction of sp³-hybridized carbons (Fsp3) is 0.158. The average Bonchev–Trinajstić information content (AvgIpc) is 2.78. The van der Waals surface area contributed by atoms with Gasteiger partial charge in [-0.2, -0.15) is 0 Å². The van der Waals surface area contributed by atoms with Crippen molar-refractivity contribution in [2.24, 2.45) is 0 Å². The lowest BCUT2D eigenvalue weighted by atomic mass is 9.97. The number of Topliss-reactive ketones (excluding diaryl/α,β-unsaturated/α-hetero) is 2. The molecular weight excluding hydrogens is 306 g/mol. The quantitative estimate of drug-likeness (QED) is 0.643. The molecule has 0 saturated heterocycles. The molecule has 0 aliphatic carbocycles. The Hall–Kier alpha value is -3.08. The number of hydrogen-bond acceptors (Lipinski definition) is 4. The molecule has 1 aliphatic rings. The van der Waals surface area contributed by atoms with E-state index in [1.54, 1.807) is 43.3 Å². The van der Waals surface area contributed by atoms with Crippen molar-refractivity contribution in [1.29, 1.82) is 0 Å². The molecule has 0 radical (unpaired) electrons. The van der Waals surface area contributed by atoms with Crippen molar-refractivity contribution in [3.8, 4) is 0 Å². The average molecular weight is 321 g/mol. The van der Waals surface area contributed by atoms with Gasteiger partial charge < -0.3 is 0 Å². The summed E-state index contributed by atoms with van der Waals surface area (Å²) in [5.74, 6) is -1.67. The van der Waals surface area contributed by atoms with Crippen molar-refractivity contribution >= 4 is 29.1 Å². The van der Waals surface area contributed by atoms with Crippen LogP contribution in [0.15, 0.2) is 36.4 Å². The Morgan fingerprint density at radius 2 is 1.25 bits per heavy atom. The molecule has 0 atom stereocenters. The number of carbonyl (C=O) groups is 4. The molecule has 2 amide bonds. The first-order chi connectivity index (χ1) is 11.3. The summed E-state index contributed by atoms with van der Waals surface area (Å²) in [6, 6.07) is 9.64. The highest BCUT2D eigenvalue weighted by atomic mass is 16.2. The summed E-state index contributed by atoms with van der Waals surface area (Å²) in [4.78, 5) is 50.5.